The van der Waals surface area contributed by atoms with Crippen LogP contribution in [-0.4, -0.2) is 50.9 Å². The lowest BCUT2D eigenvalue weighted by atomic mass is 9.92. The van der Waals surface area contributed by atoms with Crippen LogP contribution in [0.15, 0.2) is 103 Å². The molecule has 0 radical (unpaired) electrons. The molecule has 10 heteroatoms. The topological polar surface area (TPSA) is 77.3 Å². The zero-order valence-corrected chi connectivity index (χ0v) is 22.4. The number of allylic oxidation sites excluding steroid dienone is 10. The maximum absolute atomic E-state index is 12.8. The smallest absolute Gasteiger partial charge is 0.360 e. The molecule has 0 bridgehead atoms. The van der Waals surface area contributed by atoms with Crippen LogP contribution in [0.4, 0.5) is 0 Å². The monoisotopic (exact) mass is 525 g/mol. The Morgan fingerprint density at radius 2 is 1.39 bits per heavy atom. The molecule has 1 aromatic heterocycles. The number of carbonyl (C=O) groups excluding carboxylic acids is 1. The minimum absolute atomic E-state index is 0.118. The predicted molar refractivity (Wildman–Crippen MR) is 143 cm³/mol. The quantitative estimate of drug-likeness (QED) is 0.459. The van der Waals surface area contributed by atoms with Crippen molar-refractivity contribution in [3.63, 3.8) is 0 Å². The predicted octanol–water partition coefficient (Wildman–Crippen LogP) is 4.37. The van der Waals surface area contributed by atoms with Crippen molar-refractivity contribution in [2.45, 2.75) is 13.8 Å². The van der Waals surface area contributed by atoms with Gasteiger partial charge in [0.2, 0.25) is 0 Å². The van der Waals surface area contributed by atoms with E-state index in [4.69, 9.17) is 23.2 Å². The molecule has 3 aliphatic rings. The molecule has 0 aromatic carbocycles. The van der Waals surface area contributed by atoms with E-state index >= 15 is 0 Å². The summed E-state index contributed by atoms with van der Waals surface area (Å²) in [6.07, 6.45) is 14.4. The Labute approximate surface area is 220 Å². The molecule has 8 nitrogen and oxygen atoms in total. The van der Waals surface area contributed by atoms with E-state index in [-0.39, 0.29) is 11.8 Å². The molecular weight excluding hydrogens is 499 g/mol. The van der Waals surface area contributed by atoms with Gasteiger partial charge in [-0.2, -0.15) is 0 Å². The number of amides is 1. The Morgan fingerprint density at radius 1 is 0.889 bits per heavy atom. The number of hydrogen-bond acceptors (Lipinski definition) is 5. The van der Waals surface area contributed by atoms with Gasteiger partial charge in [0.15, 0.2) is 5.82 Å². The van der Waals surface area contributed by atoms with Crippen LogP contribution in [0.5, 0.6) is 0 Å². The molecule has 186 valence electrons. The summed E-state index contributed by atoms with van der Waals surface area (Å²) in [6, 6.07) is 0. The van der Waals surface area contributed by atoms with Crippen molar-refractivity contribution in [1.29, 1.82) is 0 Å². The van der Waals surface area contributed by atoms with E-state index in [1.165, 1.54) is 0 Å². The fraction of sp³-hybridized carbons (Fsp3) is 0.231. The van der Waals surface area contributed by atoms with E-state index in [2.05, 4.69) is 9.98 Å². The minimum Gasteiger partial charge on any atom is -0.491 e. The average molecular weight is 526 g/mol. The van der Waals surface area contributed by atoms with Crippen molar-refractivity contribution in [3.05, 3.63) is 99.0 Å². The van der Waals surface area contributed by atoms with Crippen LogP contribution in [-0.2, 0) is 14.1 Å². The second-order valence-corrected chi connectivity index (χ2v) is 9.59. The van der Waals surface area contributed by atoms with E-state index in [0.717, 1.165) is 16.7 Å². The molecule has 0 fully saturated rings. The van der Waals surface area contributed by atoms with E-state index in [9.17, 15) is 9.90 Å². The lowest BCUT2D eigenvalue weighted by Crippen LogP contribution is -2.34. The molecule has 1 aromatic rings. The molecule has 1 N–H and O–H groups in total. The first-order valence-corrected chi connectivity index (χ1v) is 11.9. The van der Waals surface area contributed by atoms with E-state index in [1.807, 2.05) is 52.5 Å². The van der Waals surface area contributed by atoms with Gasteiger partial charge in [-0.15, -0.1) is 0 Å². The Balaban J connectivity index is 1.68. The fourth-order valence-corrected chi connectivity index (χ4v) is 4.64. The van der Waals surface area contributed by atoms with Crippen molar-refractivity contribution >= 4 is 40.5 Å². The Hall–Kier alpha value is -3.62. The second-order valence-electron chi connectivity index (χ2n) is 8.78. The van der Waals surface area contributed by atoms with E-state index in [1.54, 1.807) is 57.6 Å². The number of rotatable bonds is 2. The number of imidazole rings is 1. The molecule has 0 saturated carbocycles. The molecule has 1 aliphatic heterocycles. The molecule has 2 heterocycles. The number of halogens is 2. The zero-order valence-electron chi connectivity index (χ0n) is 20.9. The molecule has 36 heavy (non-hydrogen) atoms. The van der Waals surface area contributed by atoms with Crippen molar-refractivity contribution in [1.82, 2.24) is 14.4 Å². The number of nitrogens with zero attached hydrogens (tertiary/aromatic N) is 6. The van der Waals surface area contributed by atoms with Crippen molar-refractivity contribution in [2.75, 3.05) is 14.1 Å². The van der Waals surface area contributed by atoms with Crippen LogP contribution < -0.4 is 4.57 Å². The molecule has 0 spiro atoms. The lowest BCUT2D eigenvalue weighted by molar-refractivity contribution is -0.672. The zero-order chi connectivity index (χ0) is 26.3. The lowest BCUT2D eigenvalue weighted by Gasteiger charge is -2.20. The average Bonchev–Trinajstić information content (AvgIpc) is 3.32. The largest absolute Gasteiger partial charge is 0.491 e. The molecule has 2 aliphatic carbocycles. The van der Waals surface area contributed by atoms with Gasteiger partial charge in [0.25, 0.3) is 5.88 Å². The number of aliphatic hydroxyl groups excluding tert-OH is 1. The third-order valence-electron chi connectivity index (χ3n) is 6.07. The summed E-state index contributed by atoms with van der Waals surface area (Å²) < 4.78 is 3.44. The first kappa shape index (κ1) is 25.5. The number of hydrogen-bond donors (Lipinski definition) is 1. The van der Waals surface area contributed by atoms with Gasteiger partial charge in [-0.05, 0) is 49.3 Å². The maximum atomic E-state index is 12.8. The Bertz CT molecular complexity index is 1410. The molecule has 0 saturated heterocycles. The fourth-order valence-electron chi connectivity index (χ4n) is 4.12. The number of aliphatic hydroxyl groups is 1. The Morgan fingerprint density at radius 3 is 1.86 bits per heavy atom. The summed E-state index contributed by atoms with van der Waals surface area (Å²) in [6.45, 7) is 3.76. The third-order valence-corrected chi connectivity index (χ3v) is 6.69. The van der Waals surface area contributed by atoms with Crippen LogP contribution in [0.2, 0.25) is 0 Å². The summed E-state index contributed by atoms with van der Waals surface area (Å²) in [7, 11) is 7.25. The van der Waals surface area contributed by atoms with Gasteiger partial charge in [-0.3, -0.25) is 4.79 Å². The third kappa shape index (κ3) is 4.74. The van der Waals surface area contributed by atoms with Crippen LogP contribution >= 0.6 is 23.2 Å². The minimum atomic E-state index is -0.362. The molecule has 1 amide bonds. The number of aliphatic imine (C=N–C) groups is 2. The molecule has 4 rings (SSSR count). The van der Waals surface area contributed by atoms with Crippen molar-refractivity contribution in [2.24, 2.45) is 24.1 Å². The highest BCUT2D eigenvalue weighted by Gasteiger charge is 2.25. The summed E-state index contributed by atoms with van der Waals surface area (Å²) in [5.74, 6) is 0.537. The molecular formula is C26H27Cl2N6O2+. The molecule has 0 atom stereocenters. The van der Waals surface area contributed by atoms with Crippen molar-refractivity contribution < 1.29 is 14.5 Å². The first-order chi connectivity index (χ1) is 17.0. The van der Waals surface area contributed by atoms with Gasteiger partial charge in [0, 0.05) is 37.6 Å². The highest BCUT2D eigenvalue weighted by atomic mass is 35.5. The summed E-state index contributed by atoms with van der Waals surface area (Å²) in [5.41, 5.74) is 4.06. The second kappa shape index (κ2) is 9.79. The van der Waals surface area contributed by atoms with E-state index in [0.29, 0.717) is 38.7 Å². The van der Waals surface area contributed by atoms with Crippen molar-refractivity contribution in [3.8, 4) is 0 Å². The highest BCUT2D eigenvalue weighted by Crippen LogP contribution is 2.35. The summed E-state index contributed by atoms with van der Waals surface area (Å²) in [4.78, 5) is 25.0. The van der Waals surface area contributed by atoms with Gasteiger partial charge in [0.1, 0.15) is 12.4 Å². The SMILES string of the molecule is CC1=CC(=C2C=C(C)C(=NC(O)=C3N(C)C=CN3C)C=C2Cl)C(Cl)=CC1=NC(=O)c1n(C)cc[n+]1C. The van der Waals surface area contributed by atoms with Gasteiger partial charge in [-0.25, -0.2) is 19.1 Å². The molecule has 0 unspecified atom stereocenters. The van der Waals surface area contributed by atoms with Gasteiger partial charge >= 0.3 is 11.7 Å². The number of carbonyl (C=O) groups is 1. The van der Waals surface area contributed by atoms with Crippen LogP contribution in [0, 0.1) is 0 Å². The van der Waals surface area contributed by atoms with Gasteiger partial charge in [0.05, 0.1) is 35.6 Å². The van der Waals surface area contributed by atoms with Crippen LogP contribution in [0.1, 0.15) is 24.5 Å². The van der Waals surface area contributed by atoms with Gasteiger partial charge < -0.3 is 14.9 Å². The summed E-state index contributed by atoms with van der Waals surface area (Å²) >= 11 is 13.3. The normalized spacial score (nSPS) is 22.3. The van der Waals surface area contributed by atoms with E-state index < -0.39 is 0 Å². The summed E-state index contributed by atoms with van der Waals surface area (Å²) in [5, 5.41) is 11.5. The van der Waals surface area contributed by atoms with Crippen LogP contribution in [0.25, 0.3) is 0 Å². The maximum Gasteiger partial charge on any atom is 0.360 e. The van der Waals surface area contributed by atoms with Crippen LogP contribution in [0.3, 0.4) is 0 Å². The number of aromatic nitrogens is 2. The first-order valence-electron chi connectivity index (χ1n) is 11.1. The number of aryl methyl sites for hydroxylation is 2. The standard InChI is InChI=1S/C26H26Cl2N6O2/c1-15-11-17(19(27)13-21(15)29-23(35)25-31(3)7-8-32(25)4)18-12-16(2)22(14-20(18)28)30-24(36)26-33(5)9-10-34(26)6/h7-14H,1-6H3/p+1. The highest BCUT2D eigenvalue weighted by molar-refractivity contribution is 6.38. The van der Waals surface area contributed by atoms with Gasteiger partial charge in [-0.1, -0.05) is 23.2 Å². The Kier molecular flexibility index (Phi) is 6.93.